The molecule has 2 aromatic carbocycles. The SMILES string of the molecule is N#CC(C#N)=Cc1cn(Cc2ccc(C#N)cc2)c2ccccc12. The standard InChI is InChI=1S/C20H12N4/c21-10-15-5-7-16(8-6-15)13-24-14-18(9-17(11-22)12-23)19-3-1-2-4-20(19)24/h1-9,14H,13H2. The minimum absolute atomic E-state index is 0.0799. The van der Waals surface area contributed by atoms with E-state index in [2.05, 4.69) is 10.6 Å². The molecular formula is C20H12N4. The second-order valence-electron chi connectivity index (χ2n) is 5.32. The number of rotatable bonds is 3. The molecule has 0 radical (unpaired) electrons. The van der Waals surface area contributed by atoms with E-state index in [0.717, 1.165) is 22.0 Å². The fraction of sp³-hybridized carbons (Fsp3) is 0.0500. The molecule has 0 atom stereocenters. The first-order chi connectivity index (χ1) is 11.7. The van der Waals surface area contributed by atoms with Gasteiger partial charge in [-0.2, -0.15) is 15.8 Å². The van der Waals surface area contributed by atoms with Crippen LogP contribution in [0, 0.1) is 34.0 Å². The smallest absolute Gasteiger partial charge is 0.130 e. The van der Waals surface area contributed by atoms with E-state index < -0.39 is 0 Å². The van der Waals surface area contributed by atoms with Crippen molar-refractivity contribution in [2.45, 2.75) is 6.54 Å². The minimum Gasteiger partial charge on any atom is -0.342 e. The minimum atomic E-state index is 0.0799. The number of nitrogens with zero attached hydrogens (tertiary/aromatic N) is 4. The average molecular weight is 308 g/mol. The summed E-state index contributed by atoms with van der Waals surface area (Å²) in [5.41, 5.74) is 3.66. The molecule has 0 aliphatic rings. The van der Waals surface area contributed by atoms with Gasteiger partial charge in [0.05, 0.1) is 11.6 Å². The highest BCUT2D eigenvalue weighted by atomic mass is 15.0. The molecule has 0 unspecified atom stereocenters. The summed E-state index contributed by atoms with van der Waals surface area (Å²) >= 11 is 0. The highest BCUT2D eigenvalue weighted by Gasteiger charge is 2.08. The number of allylic oxidation sites excluding steroid dienone is 1. The molecule has 1 heterocycles. The molecule has 3 aromatic rings. The van der Waals surface area contributed by atoms with Gasteiger partial charge in [0.25, 0.3) is 0 Å². The van der Waals surface area contributed by atoms with Crippen molar-refractivity contribution in [1.29, 1.82) is 15.8 Å². The van der Waals surface area contributed by atoms with Crippen LogP contribution in [0.2, 0.25) is 0 Å². The lowest BCUT2D eigenvalue weighted by atomic mass is 10.1. The van der Waals surface area contributed by atoms with Gasteiger partial charge in [0.15, 0.2) is 0 Å². The molecule has 0 aliphatic carbocycles. The van der Waals surface area contributed by atoms with E-state index >= 15 is 0 Å². The molecule has 0 fully saturated rings. The Hall–Kier alpha value is -3.81. The fourth-order valence-corrected chi connectivity index (χ4v) is 2.65. The number of fused-ring (bicyclic) bond motifs is 1. The molecule has 0 bridgehead atoms. The third kappa shape index (κ3) is 2.88. The topological polar surface area (TPSA) is 76.3 Å². The summed E-state index contributed by atoms with van der Waals surface area (Å²) in [6, 6.07) is 21.2. The molecule has 4 heteroatoms. The summed E-state index contributed by atoms with van der Waals surface area (Å²) in [4.78, 5) is 0. The monoisotopic (exact) mass is 308 g/mol. The predicted molar refractivity (Wildman–Crippen MR) is 91.4 cm³/mol. The van der Waals surface area contributed by atoms with Crippen molar-refractivity contribution in [2.24, 2.45) is 0 Å². The molecule has 24 heavy (non-hydrogen) atoms. The summed E-state index contributed by atoms with van der Waals surface area (Å²) in [6.07, 6.45) is 3.55. The summed E-state index contributed by atoms with van der Waals surface area (Å²) in [7, 11) is 0. The van der Waals surface area contributed by atoms with E-state index in [0.29, 0.717) is 12.1 Å². The van der Waals surface area contributed by atoms with Gasteiger partial charge >= 0.3 is 0 Å². The van der Waals surface area contributed by atoms with Crippen molar-refractivity contribution in [1.82, 2.24) is 4.57 Å². The van der Waals surface area contributed by atoms with Crippen LogP contribution in [0.5, 0.6) is 0 Å². The van der Waals surface area contributed by atoms with Crippen LogP contribution < -0.4 is 0 Å². The van der Waals surface area contributed by atoms with Crippen LogP contribution in [0.25, 0.3) is 17.0 Å². The third-order valence-corrected chi connectivity index (χ3v) is 3.80. The van der Waals surface area contributed by atoms with Crippen LogP contribution >= 0.6 is 0 Å². The molecular weight excluding hydrogens is 296 g/mol. The lowest BCUT2D eigenvalue weighted by molar-refractivity contribution is 0.836. The number of para-hydroxylation sites is 1. The van der Waals surface area contributed by atoms with E-state index in [1.54, 1.807) is 18.2 Å². The Balaban J connectivity index is 2.06. The molecule has 112 valence electrons. The van der Waals surface area contributed by atoms with Crippen LogP contribution in [-0.4, -0.2) is 4.57 Å². The predicted octanol–water partition coefficient (Wildman–Crippen LogP) is 3.99. The van der Waals surface area contributed by atoms with E-state index in [-0.39, 0.29) is 5.57 Å². The Labute approximate surface area is 139 Å². The van der Waals surface area contributed by atoms with E-state index in [1.165, 1.54) is 0 Å². The second kappa shape index (κ2) is 6.53. The molecule has 0 N–H and O–H groups in total. The first-order valence-corrected chi connectivity index (χ1v) is 7.34. The molecule has 0 aliphatic heterocycles. The molecule has 0 saturated carbocycles. The highest BCUT2D eigenvalue weighted by Crippen LogP contribution is 2.24. The summed E-state index contributed by atoms with van der Waals surface area (Å²) in [5.74, 6) is 0. The van der Waals surface area contributed by atoms with E-state index in [9.17, 15) is 0 Å². The highest BCUT2D eigenvalue weighted by molar-refractivity contribution is 5.90. The van der Waals surface area contributed by atoms with Crippen LogP contribution in [-0.2, 0) is 6.54 Å². The second-order valence-corrected chi connectivity index (χ2v) is 5.32. The van der Waals surface area contributed by atoms with Gasteiger partial charge in [-0.1, -0.05) is 30.3 Å². The van der Waals surface area contributed by atoms with Gasteiger partial charge in [-0.05, 0) is 29.8 Å². The molecule has 4 nitrogen and oxygen atoms in total. The first kappa shape index (κ1) is 15.1. The van der Waals surface area contributed by atoms with Crippen molar-refractivity contribution in [3.63, 3.8) is 0 Å². The van der Waals surface area contributed by atoms with Gasteiger partial charge in [-0.3, -0.25) is 0 Å². The van der Waals surface area contributed by atoms with E-state index in [4.69, 9.17) is 15.8 Å². The van der Waals surface area contributed by atoms with Crippen molar-refractivity contribution >= 4 is 17.0 Å². The zero-order chi connectivity index (χ0) is 16.9. The maximum absolute atomic E-state index is 8.98. The zero-order valence-electron chi connectivity index (χ0n) is 12.8. The largest absolute Gasteiger partial charge is 0.342 e. The number of hydrogen-bond acceptors (Lipinski definition) is 3. The van der Waals surface area contributed by atoms with Crippen molar-refractivity contribution in [2.75, 3.05) is 0 Å². The van der Waals surface area contributed by atoms with Crippen LogP contribution in [0.1, 0.15) is 16.7 Å². The molecule has 0 amide bonds. The average Bonchev–Trinajstić information content (AvgIpc) is 2.98. The number of benzene rings is 2. The number of aromatic nitrogens is 1. The van der Waals surface area contributed by atoms with Crippen molar-refractivity contribution in [3.8, 4) is 18.2 Å². The van der Waals surface area contributed by atoms with Gasteiger partial charge in [-0.15, -0.1) is 0 Å². The van der Waals surface area contributed by atoms with E-state index in [1.807, 2.05) is 54.7 Å². The first-order valence-electron chi connectivity index (χ1n) is 7.34. The van der Waals surface area contributed by atoms with Crippen LogP contribution in [0.15, 0.2) is 60.3 Å². The Kier molecular flexibility index (Phi) is 4.11. The Morgan fingerprint density at radius 2 is 1.67 bits per heavy atom. The van der Waals surface area contributed by atoms with Gasteiger partial charge in [0, 0.05) is 29.2 Å². The maximum atomic E-state index is 8.98. The van der Waals surface area contributed by atoms with Gasteiger partial charge in [0.1, 0.15) is 17.7 Å². The zero-order valence-corrected chi connectivity index (χ0v) is 12.8. The molecule has 0 saturated heterocycles. The summed E-state index contributed by atoms with van der Waals surface area (Å²) in [5, 5.41) is 27.8. The Morgan fingerprint density at radius 1 is 0.958 bits per heavy atom. The molecule has 0 spiro atoms. The summed E-state index contributed by atoms with van der Waals surface area (Å²) < 4.78 is 2.08. The lowest BCUT2D eigenvalue weighted by Gasteiger charge is -2.05. The maximum Gasteiger partial charge on any atom is 0.130 e. The van der Waals surface area contributed by atoms with Crippen molar-refractivity contribution < 1.29 is 0 Å². The quantitative estimate of drug-likeness (QED) is 0.686. The Bertz CT molecular complexity index is 1030. The number of nitriles is 3. The van der Waals surface area contributed by atoms with Gasteiger partial charge in [-0.25, -0.2) is 0 Å². The van der Waals surface area contributed by atoms with Gasteiger partial charge in [0.2, 0.25) is 0 Å². The molecule has 1 aromatic heterocycles. The number of hydrogen-bond donors (Lipinski definition) is 0. The Morgan fingerprint density at radius 3 is 2.33 bits per heavy atom. The fourth-order valence-electron chi connectivity index (χ4n) is 2.65. The lowest BCUT2D eigenvalue weighted by Crippen LogP contribution is -1.97. The normalized spacial score (nSPS) is 9.71. The van der Waals surface area contributed by atoms with Crippen molar-refractivity contribution in [3.05, 3.63) is 77.0 Å². The van der Waals surface area contributed by atoms with Crippen LogP contribution in [0.3, 0.4) is 0 Å². The van der Waals surface area contributed by atoms with Gasteiger partial charge < -0.3 is 4.57 Å². The van der Waals surface area contributed by atoms with Crippen LogP contribution in [0.4, 0.5) is 0 Å². The summed E-state index contributed by atoms with van der Waals surface area (Å²) in [6.45, 7) is 0.647. The third-order valence-electron chi connectivity index (χ3n) is 3.80. The molecule has 3 rings (SSSR count).